The van der Waals surface area contributed by atoms with Gasteiger partial charge in [-0.1, -0.05) is 30.3 Å². The van der Waals surface area contributed by atoms with Crippen LogP contribution in [0.15, 0.2) is 35.4 Å². The van der Waals surface area contributed by atoms with Crippen molar-refractivity contribution in [1.29, 1.82) is 0 Å². The number of rotatable bonds is 4. The monoisotopic (exact) mass is 328 g/mol. The second kappa shape index (κ2) is 7.13. The average molecular weight is 328 g/mol. The Kier molecular flexibility index (Phi) is 4.94. The van der Waals surface area contributed by atoms with Gasteiger partial charge in [0.15, 0.2) is 0 Å². The molecular formula is C18H24N4O2. The van der Waals surface area contributed by atoms with Gasteiger partial charge in [0.25, 0.3) is 5.91 Å². The molecule has 0 unspecified atom stereocenters. The summed E-state index contributed by atoms with van der Waals surface area (Å²) in [6, 6.07) is 10.9. The minimum atomic E-state index is -0.145. The predicted octanol–water partition coefficient (Wildman–Crippen LogP) is 1.55. The lowest BCUT2D eigenvalue weighted by Crippen LogP contribution is -2.43. The SMILES string of the molecule is C[C@@H](c1ccccc1)N1CC[C@H](NC(=O)C2=NN(C)C(=O)CC2)C1. The summed E-state index contributed by atoms with van der Waals surface area (Å²) in [5, 5.41) is 8.41. The van der Waals surface area contributed by atoms with E-state index in [0.29, 0.717) is 24.6 Å². The molecule has 6 heteroatoms. The number of hydrogen-bond donors (Lipinski definition) is 1. The van der Waals surface area contributed by atoms with Gasteiger partial charge in [0.05, 0.1) is 0 Å². The number of benzene rings is 1. The molecule has 2 atom stereocenters. The Morgan fingerprint density at radius 3 is 2.75 bits per heavy atom. The summed E-state index contributed by atoms with van der Waals surface area (Å²) in [6.07, 6.45) is 1.71. The first-order chi connectivity index (χ1) is 11.5. The predicted molar refractivity (Wildman–Crippen MR) is 92.4 cm³/mol. The average Bonchev–Trinajstić information content (AvgIpc) is 3.06. The van der Waals surface area contributed by atoms with E-state index >= 15 is 0 Å². The maximum Gasteiger partial charge on any atom is 0.267 e. The van der Waals surface area contributed by atoms with Gasteiger partial charge in [-0.3, -0.25) is 14.5 Å². The fourth-order valence-electron chi connectivity index (χ4n) is 3.30. The topological polar surface area (TPSA) is 65.0 Å². The number of amides is 2. The van der Waals surface area contributed by atoms with Gasteiger partial charge >= 0.3 is 0 Å². The van der Waals surface area contributed by atoms with E-state index in [0.717, 1.165) is 19.5 Å². The lowest BCUT2D eigenvalue weighted by Gasteiger charge is -2.25. The summed E-state index contributed by atoms with van der Waals surface area (Å²) in [5.74, 6) is -0.191. The Morgan fingerprint density at radius 1 is 1.29 bits per heavy atom. The minimum Gasteiger partial charge on any atom is -0.347 e. The third-order valence-electron chi connectivity index (χ3n) is 4.85. The second-order valence-corrected chi connectivity index (χ2v) is 6.50. The Balaban J connectivity index is 1.56. The molecule has 3 rings (SSSR count). The van der Waals surface area contributed by atoms with E-state index in [9.17, 15) is 9.59 Å². The highest BCUT2D eigenvalue weighted by Gasteiger charge is 2.29. The van der Waals surface area contributed by atoms with Crippen molar-refractivity contribution in [2.45, 2.75) is 38.3 Å². The van der Waals surface area contributed by atoms with Crippen LogP contribution in [0.5, 0.6) is 0 Å². The normalized spacial score (nSPS) is 23.1. The molecule has 2 heterocycles. The van der Waals surface area contributed by atoms with Crippen molar-refractivity contribution in [2.24, 2.45) is 5.10 Å². The number of nitrogens with one attached hydrogen (secondary N) is 1. The van der Waals surface area contributed by atoms with Crippen molar-refractivity contribution in [3.8, 4) is 0 Å². The van der Waals surface area contributed by atoms with Crippen LogP contribution in [0.4, 0.5) is 0 Å². The number of carbonyl (C=O) groups is 2. The molecule has 2 aliphatic rings. The number of nitrogens with zero attached hydrogens (tertiary/aromatic N) is 3. The maximum atomic E-state index is 12.4. The molecule has 0 aliphatic carbocycles. The molecule has 1 aromatic rings. The molecule has 1 aromatic carbocycles. The van der Waals surface area contributed by atoms with Crippen molar-refractivity contribution >= 4 is 17.5 Å². The number of carbonyl (C=O) groups excluding carboxylic acids is 2. The van der Waals surface area contributed by atoms with Gasteiger partial charge in [-0.25, -0.2) is 5.01 Å². The molecule has 6 nitrogen and oxygen atoms in total. The van der Waals surface area contributed by atoms with Gasteiger partial charge in [0, 0.05) is 45.1 Å². The summed E-state index contributed by atoms with van der Waals surface area (Å²) in [7, 11) is 1.59. The Labute approximate surface area is 142 Å². The standard InChI is InChI=1S/C18H24N4O2/c1-13(14-6-4-3-5-7-14)22-11-10-15(12-22)19-18(24)16-8-9-17(23)21(2)20-16/h3-7,13,15H,8-12H2,1-2H3,(H,19,24)/t13-,15-/m0/s1. The minimum absolute atomic E-state index is 0.0460. The first kappa shape index (κ1) is 16.6. The third kappa shape index (κ3) is 3.64. The second-order valence-electron chi connectivity index (χ2n) is 6.50. The molecule has 0 saturated carbocycles. The van der Waals surface area contributed by atoms with Crippen molar-refractivity contribution in [1.82, 2.24) is 15.2 Å². The quantitative estimate of drug-likeness (QED) is 0.912. The highest BCUT2D eigenvalue weighted by Crippen LogP contribution is 2.24. The van der Waals surface area contributed by atoms with Crippen molar-refractivity contribution in [2.75, 3.05) is 20.1 Å². The van der Waals surface area contributed by atoms with Crippen molar-refractivity contribution in [3.05, 3.63) is 35.9 Å². The summed E-state index contributed by atoms with van der Waals surface area (Å²) in [6.45, 7) is 4.00. The van der Waals surface area contributed by atoms with E-state index < -0.39 is 0 Å². The highest BCUT2D eigenvalue weighted by molar-refractivity contribution is 6.39. The van der Waals surface area contributed by atoms with Crippen LogP contribution >= 0.6 is 0 Å². The number of hydrazone groups is 1. The van der Waals surface area contributed by atoms with Crippen molar-refractivity contribution in [3.63, 3.8) is 0 Å². The fraction of sp³-hybridized carbons (Fsp3) is 0.500. The summed E-state index contributed by atoms with van der Waals surface area (Å²) in [5.41, 5.74) is 1.74. The van der Waals surface area contributed by atoms with E-state index in [4.69, 9.17) is 0 Å². The van der Waals surface area contributed by atoms with Gasteiger partial charge < -0.3 is 5.32 Å². The van der Waals surface area contributed by atoms with Crippen LogP contribution < -0.4 is 5.32 Å². The summed E-state index contributed by atoms with van der Waals surface area (Å²) >= 11 is 0. The molecule has 0 bridgehead atoms. The van der Waals surface area contributed by atoms with Crippen LogP contribution in [0, 0.1) is 0 Å². The van der Waals surface area contributed by atoms with Gasteiger partial charge in [0.1, 0.15) is 5.71 Å². The van der Waals surface area contributed by atoms with Crippen LogP contribution in [0.2, 0.25) is 0 Å². The van der Waals surface area contributed by atoms with Crippen LogP contribution in [0.3, 0.4) is 0 Å². The maximum absolute atomic E-state index is 12.4. The lowest BCUT2D eigenvalue weighted by atomic mass is 10.1. The Morgan fingerprint density at radius 2 is 2.04 bits per heavy atom. The Bertz CT molecular complexity index is 644. The van der Waals surface area contributed by atoms with Gasteiger partial charge in [-0.15, -0.1) is 0 Å². The molecule has 1 N–H and O–H groups in total. The zero-order valence-corrected chi connectivity index (χ0v) is 14.2. The largest absolute Gasteiger partial charge is 0.347 e. The van der Waals surface area contributed by atoms with Crippen LogP contribution in [0.1, 0.15) is 37.8 Å². The van der Waals surface area contributed by atoms with E-state index in [1.165, 1.54) is 10.6 Å². The smallest absolute Gasteiger partial charge is 0.267 e. The van der Waals surface area contributed by atoms with Gasteiger partial charge in [-0.2, -0.15) is 5.10 Å². The zero-order chi connectivity index (χ0) is 17.1. The summed E-state index contributed by atoms with van der Waals surface area (Å²) < 4.78 is 0. The molecule has 24 heavy (non-hydrogen) atoms. The van der Waals surface area contributed by atoms with Crippen LogP contribution in [-0.4, -0.2) is 53.6 Å². The van der Waals surface area contributed by atoms with E-state index in [1.54, 1.807) is 7.05 Å². The molecular weight excluding hydrogens is 304 g/mol. The van der Waals surface area contributed by atoms with Gasteiger partial charge in [-0.05, 0) is 18.9 Å². The Hall–Kier alpha value is -2.21. The lowest BCUT2D eigenvalue weighted by molar-refractivity contribution is -0.130. The summed E-state index contributed by atoms with van der Waals surface area (Å²) in [4.78, 5) is 26.2. The molecule has 2 amide bonds. The number of hydrogen-bond acceptors (Lipinski definition) is 4. The van der Waals surface area contributed by atoms with E-state index in [-0.39, 0.29) is 17.9 Å². The van der Waals surface area contributed by atoms with Crippen molar-refractivity contribution < 1.29 is 9.59 Å². The highest BCUT2D eigenvalue weighted by atomic mass is 16.2. The first-order valence-corrected chi connectivity index (χ1v) is 8.48. The number of likely N-dealkylation sites (tertiary alicyclic amines) is 1. The molecule has 128 valence electrons. The first-order valence-electron chi connectivity index (χ1n) is 8.48. The van der Waals surface area contributed by atoms with E-state index in [1.807, 2.05) is 6.07 Å². The van der Waals surface area contributed by atoms with Crippen LogP contribution in [-0.2, 0) is 9.59 Å². The van der Waals surface area contributed by atoms with Crippen LogP contribution in [0.25, 0.3) is 0 Å². The molecule has 1 saturated heterocycles. The molecule has 1 fully saturated rings. The van der Waals surface area contributed by atoms with E-state index in [2.05, 4.69) is 46.5 Å². The van der Waals surface area contributed by atoms with Gasteiger partial charge in [0.2, 0.25) is 5.91 Å². The molecule has 0 radical (unpaired) electrons. The molecule has 0 aromatic heterocycles. The molecule has 0 spiro atoms. The zero-order valence-electron chi connectivity index (χ0n) is 14.2. The third-order valence-corrected chi connectivity index (χ3v) is 4.85. The fourth-order valence-corrected chi connectivity index (χ4v) is 3.30. The molecule has 2 aliphatic heterocycles.